The first-order valence-electron chi connectivity index (χ1n) is 11.8. The summed E-state index contributed by atoms with van der Waals surface area (Å²) in [6.07, 6.45) is -0.821. The number of nitrogens with zero attached hydrogens (tertiary/aromatic N) is 2. The molecule has 3 N–H and O–H groups in total. The lowest BCUT2D eigenvalue weighted by Gasteiger charge is -2.46. The zero-order chi connectivity index (χ0) is 28.5. The molecule has 2 aliphatic heterocycles. The maximum absolute atomic E-state index is 12.3. The number of fused-ring (bicyclic) bond motifs is 1. The predicted molar refractivity (Wildman–Crippen MR) is 119 cm³/mol. The molecule has 15 heteroatoms. The number of hydrogen-bond donors (Lipinski definition) is 3. The Morgan fingerprint density at radius 1 is 0.974 bits per heavy atom. The highest BCUT2D eigenvalue weighted by atomic mass is 19.4. The van der Waals surface area contributed by atoms with Crippen molar-refractivity contribution in [3.05, 3.63) is 30.1 Å². The number of likely N-dealkylation sites (tertiary alicyclic amines) is 1. The summed E-state index contributed by atoms with van der Waals surface area (Å²) in [6.45, 7) is 3.68. The number of carbonyl (C=O) groups excluding carboxylic acids is 1. The molecule has 0 unspecified atom stereocenters. The third kappa shape index (κ3) is 11.2. The molecule has 1 amide bonds. The molecule has 1 saturated carbocycles. The molecule has 9 nitrogen and oxygen atoms in total. The van der Waals surface area contributed by atoms with Crippen molar-refractivity contribution in [2.45, 2.75) is 63.1 Å². The van der Waals surface area contributed by atoms with Crippen LogP contribution in [-0.2, 0) is 25.7 Å². The number of nitrogens with one attached hydrogen (secondary N) is 1. The molecule has 3 fully saturated rings. The second kappa shape index (κ2) is 13.7. The number of aliphatic carboxylic acids is 2. The van der Waals surface area contributed by atoms with E-state index in [2.05, 4.69) is 27.3 Å². The van der Waals surface area contributed by atoms with Gasteiger partial charge in [0.1, 0.15) is 0 Å². The number of hydrogen-bond acceptors (Lipinski definition) is 6. The first-order valence-corrected chi connectivity index (χ1v) is 11.8. The minimum Gasteiger partial charge on any atom is -0.475 e. The minimum atomic E-state index is -5.08. The number of carbonyl (C=O) groups is 3. The lowest BCUT2D eigenvalue weighted by Crippen LogP contribution is -2.60. The van der Waals surface area contributed by atoms with Gasteiger partial charge in [0.2, 0.25) is 5.91 Å². The number of carboxylic acids is 2. The van der Waals surface area contributed by atoms with Crippen LogP contribution in [0.3, 0.4) is 0 Å². The van der Waals surface area contributed by atoms with Crippen LogP contribution in [0.15, 0.2) is 24.5 Å². The van der Waals surface area contributed by atoms with Crippen LogP contribution in [0.1, 0.15) is 37.7 Å². The van der Waals surface area contributed by atoms with E-state index in [0.29, 0.717) is 18.3 Å². The number of pyridine rings is 1. The standard InChI is InChI=1S/C19H27N3O2.2C2HF3O2/c23-18(10-14-3-4-14)21-17-13-22(11-15-5-7-20-8-6-15)12-16-2-1-9-24-19(16)17;2*3-2(4,5)1(6)7/h5-8,14,16-17,19H,1-4,9-13H2,(H,21,23);2*(H,6,7)/t16-,17+,19-;;/m0../s1. The van der Waals surface area contributed by atoms with Gasteiger partial charge in [-0.2, -0.15) is 26.3 Å². The predicted octanol–water partition coefficient (Wildman–Crippen LogP) is 3.24. The number of piperidine rings is 1. The Morgan fingerprint density at radius 2 is 1.53 bits per heavy atom. The van der Waals surface area contributed by atoms with Crippen molar-refractivity contribution in [1.82, 2.24) is 15.2 Å². The highest BCUT2D eigenvalue weighted by Gasteiger charge is 2.41. The second-order valence-corrected chi connectivity index (χ2v) is 9.21. The molecule has 3 heterocycles. The van der Waals surface area contributed by atoms with E-state index in [1.165, 1.54) is 24.8 Å². The van der Waals surface area contributed by atoms with Crippen molar-refractivity contribution in [3.8, 4) is 0 Å². The third-order valence-electron chi connectivity index (χ3n) is 6.00. The van der Waals surface area contributed by atoms with Crippen LogP contribution in [0, 0.1) is 11.8 Å². The van der Waals surface area contributed by atoms with Crippen LogP contribution in [0.25, 0.3) is 0 Å². The van der Waals surface area contributed by atoms with Gasteiger partial charge in [-0.05, 0) is 55.2 Å². The SMILES string of the molecule is O=C(CC1CC1)N[C@@H]1CN(Cc2ccncc2)C[C@@H]2CCCO[C@@H]21.O=C(O)C(F)(F)F.O=C(O)C(F)(F)F. The molecule has 0 bridgehead atoms. The third-order valence-corrected chi connectivity index (χ3v) is 6.00. The molecule has 214 valence electrons. The molecule has 4 rings (SSSR count). The Labute approximate surface area is 214 Å². The Hall–Kier alpha value is -2.94. The van der Waals surface area contributed by atoms with E-state index in [1.807, 2.05) is 12.4 Å². The maximum Gasteiger partial charge on any atom is 0.490 e. The van der Waals surface area contributed by atoms with Gasteiger partial charge in [-0.15, -0.1) is 0 Å². The number of amides is 1. The average Bonchev–Trinajstić information content (AvgIpc) is 3.63. The van der Waals surface area contributed by atoms with Crippen molar-refractivity contribution in [2.24, 2.45) is 11.8 Å². The molecule has 0 radical (unpaired) electrons. The Morgan fingerprint density at radius 3 is 2.03 bits per heavy atom. The van der Waals surface area contributed by atoms with E-state index < -0.39 is 24.3 Å². The monoisotopic (exact) mass is 557 g/mol. The van der Waals surface area contributed by atoms with Crippen LogP contribution in [0.4, 0.5) is 26.3 Å². The molecular formula is C23H29F6N3O6. The summed E-state index contributed by atoms with van der Waals surface area (Å²) in [5.41, 5.74) is 1.28. The van der Waals surface area contributed by atoms with Gasteiger partial charge in [0.25, 0.3) is 0 Å². The summed E-state index contributed by atoms with van der Waals surface area (Å²) in [7, 11) is 0. The molecular weight excluding hydrogens is 528 g/mol. The Balaban J connectivity index is 0.000000301. The second-order valence-electron chi connectivity index (χ2n) is 9.21. The van der Waals surface area contributed by atoms with Crippen LogP contribution >= 0.6 is 0 Å². The van der Waals surface area contributed by atoms with Crippen LogP contribution < -0.4 is 5.32 Å². The lowest BCUT2D eigenvalue weighted by atomic mass is 9.85. The number of halogens is 6. The zero-order valence-corrected chi connectivity index (χ0v) is 20.2. The largest absolute Gasteiger partial charge is 0.490 e. The first-order chi connectivity index (χ1) is 17.7. The molecule has 38 heavy (non-hydrogen) atoms. The smallest absolute Gasteiger partial charge is 0.475 e. The molecule has 1 aromatic rings. The fraction of sp³-hybridized carbons (Fsp3) is 0.652. The summed E-state index contributed by atoms with van der Waals surface area (Å²) in [4.78, 5) is 36.7. The van der Waals surface area contributed by atoms with Crippen molar-refractivity contribution >= 4 is 17.8 Å². The highest BCUT2D eigenvalue weighted by molar-refractivity contribution is 5.77. The average molecular weight is 557 g/mol. The van der Waals surface area contributed by atoms with E-state index in [9.17, 15) is 31.1 Å². The van der Waals surface area contributed by atoms with Crippen molar-refractivity contribution in [1.29, 1.82) is 0 Å². The van der Waals surface area contributed by atoms with Gasteiger partial charge in [-0.1, -0.05) is 0 Å². The van der Waals surface area contributed by atoms with Crippen molar-refractivity contribution < 1.29 is 55.7 Å². The summed E-state index contributed by atoms with van der Waals surface area (Å²) < 4.78 is 69.5. The van der Waals surface area contributed by atoms with E-state index in [1.54, 1.807) is 0 Å². The summed E-state index contributed by atoms with van der Waals surface area (Å²) in [5, 5.41) is 17.5. The van der Waals surface area contributed by atoms with Gasteiger partial charge in [-0.25, -0.2) is 9.59 Å². The molecule has 3 aliphatic rings. The number of carboxylic acid groups (broad SMARTS) is 2. The molecule has 1 aliphatic carbocycles. The van der Waals surface area contributed by atoms with E-state index in [4.69, 9.17) is 24.5 Å². The van der Waals surface area contributed by atoms with Gasteiger partial charge < -0.3 is 20.3 Å². The fourth-order valence-electron chi connectivity index (χ4n) is 4.15. The molecule has 3 atom stereocenters. The first kappa shape index (κ1) is 31.3. The maximum atomic E-state index is 12.3. The number of alkyl halides is 6. The number of aromatic nitrogens is 1. The molecule has 1 aromatic heterocycles. The zero-order valence-electron chi connectivity index (χ0n) is 20.2. The molecule has 2 saturated heterocycles. The van der Waals surface area contributed by atoms with Gasteiger partial charge in [0.05, 0.1) is 12.1 Å². The van der Waals surface area contributed by atoms with E-state index in [0.717, 1.165) is 32.7 Å². The summed E-state index contributed by atoms with van der Waals surface area (Å²) in [6, 6.07) is 4.27. The number of ether oxygens (including phenoxy) is 1. The van der Waals surface area contributed by atoms with E-state index in [-0.39, 0.29) is 18.1 Å². The van der Waals surface area contributed by atoms with Crippen LogP contribution in [-0.4, -0.2) is 82.1 Å². The summed E-state index contributed by atoms with van der Waals surface area (Å²) >= 11 is 0. The summed E-state index contributed by atoms with van der Waals surface area (Å²) in [5.74, 6) is -4.15. The van der Waals surface area contributed by atoms with Gasteiger partial charge >= 0.3 is 24.3 Å². The van der Waals surface area contributed by atoms with Crippen molar-refractivity contribution in [2.75, 3.05) is 19.7 Å². The number of rotatable bonds is 5. The van der Waals surface area contributed by atoms with Crippen LogP contribution in [0.5, 0.6) is 0 Å². The van der Waals surface area contributed by atoms with Gasteiger partial charge in [-0.3, -0.25) is 14.7 Å². The van der Waals surface area contributed by atoms with Crippen molar-refractivity contribution in [3.63, 3.8) is 0 Å². The lowest BCUT2D eigenvalue weighted by molar-refractivity contribution is -0.193. The van der Waals surface area contributed by atoms with E-state index >= 15 is 0 Å². The highest BCUT2D eigenvalue weighted by Crippen LogP contribution is 2.33. The quantitative estimate of drug-likeness (QED) is 0.471. The molecule has 0 spiro atoms. The Bertz CT molecular complexity index is 902. The van der Waals surface area contributed by atoms with Gasteiger partial charge in [0.15, 0.2) is 0 Å². The topological polar surface area (TPSA) is 129 Å². The normalized spacial score (nSPS) is 23.5. The van der Waals surface area contributed by atoms with Gasteiger partial charge in [0, 0.05) is 45.1 Å². The minimum absolute atomic E-state index is 0.122. The Kier molecular flexibility index (Phi) is 11.3. The molecule has 0 aromatic carbocycles. The fourth-order valence-corrected chi connectivity index (χ4v) is 4.15. The van der Waals surface area contributed by atoms with Crippen LogP contribution in [0.2, 0.25) is 0 Å².